The van der Waals surface area contributed by atoms with E-state index in [-0.39, 0.29) is 0 Å². The highest BCUT2D eigenvalue weighted by Crippen LogP contribution is 2.24. The van der Waals surface area contributed by atoms with Crippen LogP contribution in [0.15, 0.2) is 57.9 Å². The van der Waals surface area contributed by atoms with Gasteiger partial charge in [-0.15, -0.1) is 0 Å². The van der Waals surface area contributed by atoms with E-state index in [0.717, 1.165) is 19.6 Å². The molecule has 3 rings (SSSR count). The average Bonchev–Trinajstić information content (AvgIpc) is 2.58. The van der Waals surface area contributed by atoms with Gasteiger partial charge in [-0.1, -0.05) is 36.4 Å². The Morgan fingerprint density at radius 3 is 2.33 bits per heavy atom. The van der Waals surface area contributed by atoms with E-state index in [2.05, 4.69) is 47.1 Å². The van der Waals surface area contributed by atoms with Gasteiger partial charge in [0.15, 0.2) is 0 Å². The fraction of sp³-hybridized carbons (Fsp3) is 0.333. The molecule has 2 aromatic carbocycles. The van der Waals surface area contributed by atoms with Crippen LogP contribution >= 0.6 is 15.9 Å². The summed E-state index contributed by atoms with van der Waals surface area (Å²) in [6, 6.07) is 15.4. The van der Waals surface area contributed by atoms with Crippen molar-refractivity contribution in [3.8, 4) is 0 Å². The van der Waals surface area contributed by atoms with Gasteiger partial charge in [0.1, 0.15) is 6.54 Å². The molecule has 1 saturated heterocycles. The largest absolute Gasteiger partial charge is 0.329 e. The van der Waals surface area contributed by atoms with Crippen LogP contribution in [0.25, 0.3) is 0 Å². The highest BCUT2D eigenvalue weighted by Gasteiger charge is 2.31. The monoisotopic (exact) mass is 409 g/mol. The number of hydrogen-bond donors (Lipinski definition) is 1. The fourth-order valence-electron chi connectivity index (χ4n) is 3.09. The van der Waals surface area contributed by atoms with E-state index in [0.29, 0.717) is 22.5 Å². The molecule has 24 heavy (non-hydrogen) atoms. The zero-order chi connectivity index (χ0) is 17.2. The molecule has 0 unspecified atom stereocenters. The first-order valence-electron chi connectivity index (χ1n) is 8.11. The van der Waals surface area contributed by atoms with Crippen molar-refractivity contribution in [1.29, 1.82) is 0 Å². The van der Waals surface area contributed by atoms with Crippen LogP contribution in [-0.4, -0.2) is 38.9 Å². The lowest BCUT2D eigenvalue weighted by Gasteiger charge is -2.32. The average molecular weight is 410 g/mol. The molecule has 1 fully saturated rings. The molecule has 2 aromatic rings. The van der Waals surface area contributed by atoms with Crippen LogP contribution in [0, 0.1) is 6.92 Å². The standard InChI is InChI=1S/C18H21BrN2O2S/c1-15-6-2-3-7-16(15)14-20-10-12-21(13-11-20)24(22,23)18-9-5-4-8-17(18)19/h2-9H,10-14H2,1H3/p+1. The second kappa shape index (κ2) is 7.35. The minimum atomic E-state index is -3.42. The molecule has 1 aliphatic heterocycles. The predicted octanol–water partition coefficient (Wildman–Crippen LogP) is 1.85. The summed E-state index contributed by atoms with van der Waals surface area (Å²) >= 11 is 3.35. The smallest absolute Gasteiger partial charge is 0.244 e. The van der Waals surface area contributed by atoms with Gasteiger partial charge in [0.25, 0.3) is 0 Å². The topological polar surface area (TPSA) is 41.8 Å². The summed E-state index contributed by atoms with van der Waals surface area (Å²) in [6.07, 6.45) is 0. The van der Waals surface area contributed by atoms with E-state index < -0.39 is 10.0 Å². The highest BCUT2D eigenvalue weighted by molar-refractivity contribution is 9.10. The number of quaternary nitrogens is 1. The third-order valence-electron chi connectivity index (χ3n) is 4.59. The number of sulfonamides is 1. The number of benzene rings is 2. The van der Waals surface area contributed by atoms with Gasteiger partial charge in [0.2, 0.25) is 10.0 Å². The van der Waals surface area contributed by atoms with Crippen LogP contribution in [0.3, 0.4) is 0 Å². The Kier molecular flexibility index (Phi) is 5.39. The first kappa shape index (κ1) is 17.6. The molecule has 0 atom stereocenters. The highest BCUT2D eigenvalue weighted by atomic mass is 79.9. The van der Waals surface area contributed by atoms with Crippen molar-refractivity contribution in [2.45, 2.75) is 18.4 Å². The van der Waals surface area contributed by atoms with Crippen molar-refractivity contribution in [2.75, 3.05) is 26.2 Å². The molecule has 4 nitrogen and oxygen atoms in total. The zero-order valence-electron chi connectivity index (χ0n) is 13.7. The van der Waals surface area contributed by atoms with Crippen LogP contribution in [0.5, 0.6) is 0 Å². The molecule has 0 amide bonds. The Morgan fingerprint density at radius 2 is 1.67 bits per heavy atom. The van der Waals surface area contributed by atoms with Gasteiger partial charge in [-0.2, -0.15) is 4.31 Å². The maximum atomic E-state index is 12.8. The van der Waals surface area contributed by atoms with E-state index in [4.69, 9.17) is 0 Å². The summed E-state index contributed by atoms with van der Waals surface area (Å²) in [6.45, 7) is 5.86. The van der Waals surface area contributed by atoms with Crippen molar-refractivity contribution < 1.29 is 13.3 Å². The van der Waals surface area contributed by atoms with Crippen LogP contribution in [0.2, 0.25) is 0 Å². The summed E-state index contributed by atoms with van der Waals surface area (Å²) in [5.41, 5.74) is 2.64. The lowest BCUT2D eigenvalue weighted by molar-refractivity contribution is -0.917. The first-order valence-corrected chi connectivity index (χ1v) is 10.3. The number of rotatable bonds is 4. The van der Waals surface area contributed by atoms with Crippen LogP contribution < -0.4 is 4.90 Å². The lowest BCUT2D eigenvalue weighted by Crippen LogP contribution is -3.13. The summed E-state index contributed by atoms with van der Waals surface area (Å²) in [7, 11) is -3.42. The van der Waals surface area contributed by atoms with Crippen molar-refractivity contribution in [3.63, 3.8) is 0 Å². The Hall–Kier alpha value is -1.21. The summed E-state index contributed by atoms with van der Waals surface area (Å²) in [5.74, 6) is 0. The van der Waals surface area contributed by atoms with Crippen molar-refractivity contribution in [2.24, 2.45) is 0 Å². The van der Waals surface area contributed by atoms with Crippen LogP contribution in [0.1, 0.15) is 11.1 Å². The SMILES string of the molecule is Cc1ccccc1C[NH+]1CCN(S(=O)(=O)c2ccccc2Br)CC1. The molecule has 0 bridgehead atoms. The quantitative estimate of drug-likeness (QED) is 0.836. The van der Waals surface area contributed by atoms with Crippen LogP contribution in [-0.2, 0) is 16.6 Å². The Morgan fingerprint density at radius 1 is 1.04 bits per heavy atom. The maximum absolute atomic E-state index is 12.8. The molecule has 6 heteroatoms. The molecular formula is C18H22BrN2O2S+. The van der Waals surface area contributed by atoms with Gasteiger partial charge >= 0.3 is 0 Å². The Bertz CT molecular complexity index is 815. The van der Waals surface area contributed by atoms with Gasteiger partial charge in [0, 0.05) is 10.0 Å². The molecule has 128 valence electrons. The van der Waals surface area contributed by atoms with E-state index in [1.807, 2.05) is 6.07 Å². The third-order valence-corrected chi connectivity index (χ3v) is 7.50. The van der Waals surface area contributed by atoms with Crippen molar-refractivity contribution >= 4 is 26.0 Å². The first-order chi connectivity index (χ1) is 11.5. The predicted molar refractivity (Wildman–Crippen MR) is 98.5 cm³/mol. The molecule has 0 radical (unpaired) electrons. The van der Waals surface area contributed by atoms with Gasteiger partial charge < -0.3 is 4.90 Å². The summed E-state index contributed by atoms with van der Waals surface area (Å²) in [4.78, 5) is 1.79. The minimum absolute atomic E-state index is 0.354. The Balaban J connectivity index is 1.67. The molecule has 0 saturated carbocycles. The fourth-order valence-corrected chi connectivity index (χ4v) is 5.50. The van der Waals surface area contributed by atoms with Gasteiger partial charge in [-0.05, 0) is 40.5 Å². The number of aryl methyl sites for hydroxylation is 1. The van der Waals surface area contributed by atoms with Crippen molar-refractivity contribution in [3.05, 3.63) is 64.1 Å². The molecule has 0 aliphatic carbocycles. The lowest BCUT2D eigenvalue weighted by atomic mass is 10.1. The van der Waals surface area contributed by atoms with E-state index in [1.165, 1.54) is 16.0 Å². The zero-order valence-corrected chi connectivity index (χ0v) is 16.1. The summed E-state index contributed by atoms with van der Waals surface area (Å²) < 4.78 is 27.9. The molecule has 0 spiro atoms. The van der Waals surface area contributed by atoms with Gasteiger partial charge in [-0.25, -0.2) is 8.42 Å². The second-order valence-electron chi connectivity index (χ2n) is 6.19. The molecular weight excluding hydrogens is 388 g/mol. The number of piperazine rings is 1. The second-order valence-corrected chi connectivity index (χ2v) is 8.95. The molecule has 0 aromatic heterocycles. The van der Waals surface area contributed by atoms with E-state index in [9.17, 15) is 8.42 Å². The minimum Gasteiger partial charge on any atom is -0.329 e. The van der Waals surface area contributed by atoms with E-state index in [1.54, 1.807) is 22.5 Å². The van der Waals surface area contributed by atoms with Gasteiger partial charge in [-0.3, -0.25) is 0 Å². The van der Waals surface area contributed by atoms with Crippen LogP contribution in [0.4, 0.5) is 0 Å². The normalized spacial score (nSPS) is 17.1. The molecule has 1 N–H and O–H groups in total. The number of nitrogens with one attached hydrogen (secondary N) is 1. The number of nitrogens with zero attached hydrogens (tertiary/aromatic N) is 1. The number of hydrogen-bond acceptors (Lipinski definition) is 2. The summed E-state index contributed by atoms with van der Waals surface area (Å²) in [5, 5.41) is 0. The third kappa shape index (κ3) is 3.72. The maximum Gasteiger partial charge on any atom is 0.244 e. The van der Waals surface area contributed by atoms with Crippen molar-refractivity contribution in [1.82, 2.24) is 4.31 Å². The molecule has 1 aliphatic rings. The number of halogens is 1. The van der Waals surface area contributed by atoms with Gasteiger partial charge in [0.05, 0.1) is 31.1 Å². The Labute approximate surface area is 152 Å². The van der Waals surface area contributed by atoms with E-state index >= 15 is 0 Å². The molecule has 1 heterocycles.